The molecule has 1 aromatic rings. The van der Waals surface area contributed by atoms with E-state index in [0.717, 1.165) is 6.42 Å². The minimum absolute atomic E-state index is 0.112. The lowest BCUT2D eigenvalue weighted by Crippen LogP contribution is -2.42. The van der Waals surface area contributed by atoms with Crippen LogP contribution >= 0.6 is 0 Å². The minimum atomic E-state index is -0.439. The number of ether oxygens (including phenoxy) is 2. The third kappa shape index (κ3) is 4.87. The Balaban J connectivity index is 1.73. The van der Waals surface area contributed by atoms with Gasteiger partial charge in [-0.05, 0) is 24.6 Å². The van der Waals surface area contributed by atoms with Crippen molar-refractivity contribution in [1.82, 2.24) is 16.0 Å². The predicted molar refractivity (Wildman–Crippen MR) is 81.2 cm³/mol. The highest BCUT2D eigenvalue weighted by Crippen LogP contribution is 2.32. The van der Waals surface area contributed by atoms with Gasteiger partial charge in [-0.3, -0.25) is 14.4 Å². The second-order valence-electron chi connectivity index (χ2n) is 4.88. The molecule has 0 fully saturated rings. The Bertz CT molecular complexity index is 603. The highest BCUT2D eigenvalue weighted by molar-refractivity contribution is 5.97. The van der Waals surface area contributed by atoms with Crippen molar-refractivity contribution >= 4 is 17.7 Å². The topological polar surface area (TPSA) is 106 Å². The van der Waals surface area contributed by atoms with E-state index in [9.17, 15) is 14.4 Å². The van der Waals surface area contributed by atoms with Gasteiger partial charge in [0.2, 0.25) is 18.6 Å². The Morgan fingerprint density at radius 2 is 1.70 bits per heavy atom. The van der Waals surface area contributed by atoms with Gasteiger partial charge in [0, 0.05) is 12.1 Å². The van der Waals surface area contributed by atoms with Crippen LogP contribution in [0.25, 0.3) is 0 Å². The lowest BCUT2D eigenvalue weighted by molar-refractivity contribution is -0.125. The first kappa shape index (κ1) is 16.6. The van der Waals surface area contributed by atoms with Crippen LogP contribution in [0.5, 0.6) is 11.5 Å². The lowest BCUT2D eigenvalue weighted by atomic mass is 10.2. The molecule has 8 nitrogen and oxygen atoms in total. The highest BCUT2D eigenvalue weighted by atomic mass is 16.7. The summed E-state index contributed by atoms with van der Waals surface area (Å²) in [6, 6.07) is 4.77. The van der Waals surface area contributed by atoms with Crippen LogP contribution in [0.4, 0.5) is 0 Å². The smallest absolute Gasteiger partial charge is 0.251 e. The number of carbonyl (C=O) groups excluding carboxylic acids is 3. The number of rotatable bonds is 7. The fraction of sp³-hybridized carbons (Fsp3) is 0.400. The number of hydrogen-bond donors (Lipinski definition) is 3. The molecular formula is C15H19N3O5. The quantitative estimate of drug-likeness (QED) is 0.644. The minimum Gasteiger partial charge on any atom is -0.454 e. The molecule has 3 amide bonds. The van der Waals surface area contributed by atoms with Gasteiger partial charge in [0.25, 0.3) is 5.91 Å². The Hall–Kier alpha value is -2.77. The van der Waals surface area contributed by atoms with Crippen LogP contribution in [0.2, 0.25) is 0 Å². The maximum Gasteiger partial charge on any atom is 0.251 e. The van der Waals surface area contributed by atoms with Crippen molar-refractivity contribution in [3.05, 3.63) is 23.8 Å². The molecule has 0 spiro atoms. The molecule has 3 N–H and O–H groups in total. The van der Waals surface area contributed by atoms with Gasteiger partial charge in [-0.15, -0.1) is 0 Å². The summed E-state index contributed by atoms with van der Waals surface area (Å²) in [6.45, 7) is 2.30. The summed E-state index contributed by atoms with van der Waals surface area (Å²) in [5.74, 6) is -0.0333. The second kappa shape index (κ2) is 8.02. The number of carbonyl (C=O) groups is 3. The third-order valence-electron chi connectivity index (χ3n) is 3.06. The fourth-order valence-corrected chi connectivity index (χ4v) is 1.87. The number of nitrogens with one attached hydrogen (secondary N) is 3. The molecule has 1 heterocycles. The Kier molecular flexibility index (Phi) is 5.79. The van der Waals surface area contributed by atoms with E-state index in [1.54, 1.807) is 18.2 Å². The van der Waals surface area contributed by atoms with Crippen molar-refractivity contribution in [2.75, 3.05) is 26.4 Å². The van der Waals surface area contributed by atoms with Gasteiger partial charge in [0.05, 0.1) is 13.1 Å². The van der Waals surface area contributed by atoms with E-state index in [0.29, 0.717) is 23.6 Å². The summed E-state index contributed by atoms with van der Waals surface area (Å²) >= 11 is 0. The van der Waals surface area contributed by atoms with Gasteiger partial charge in [0.15, 0.2) is 11.5 Å². The molecule has 0 saturated heterocycles. The first-order chi connectivity index (χ1) is 11.1. The van der Waals surface area contributed by atoms with E-state index < -0.39 is 11.8 Å². The molecular weight excluding hydrogens is 302 g/mol. The molecule has 0 unspecified atom stereocenters. The van der Waals surface area contributed by atoms with E-state index in [2.05, 4.69) is 16.0 Å². The second-order valence-corrected chi connectivity index (χ2v) is 4.88. The van der Waals surface area contributed by atoms with Crippen LogP contribution in [0.1, 0.15) is 23.7 Å². The summed E-state index contributed by atoms with van der Waals surface area (Å²) in [6.07, 6.45) is 0.825. The number of hydrogen-bond acceptors (Lipinski definition) is 5. The van der Waals surface area contributed by atoms with Crippen LogP contribution in [0, 0.1) is 0 Å². The first-order valence-electron chi connectivity index (χ1n) is 7.31. The largest absolute Gasteiger partial charge is 0.454 e. The van der Waals surface area contributed by atoms with Crippen LogP contribution in [-0.2, 0) is 9.59 Å². The average Bonchev–Trinajstić information content (AvgIpc) is 3.03. The van der Waals surface area contributed by atoms with Crippen LogP contribution < -0.4 is 25.4 Å². The van der Waals surface area contributed by atoms with Gasteiger partial charge in [-0.2, -0.15) is 0 Å². The molecule has 0 aromatic heterocycles. The molecule has 1 aromatic carbocycles. The monoisotopic (exact) mass is 321 g/mol. The van der Waals surface area contributed by atoms with Gasteiger partial charge in [-0.25, -0.2) is 0 Å². The molecule has 0 bridgehead atoms. The van der Waals surface area contributed by atoms with Crippen molar-refractivity contribution in [3.63, 3.8) is 0 Å². The summed E-state index contributed by atoms with van der Waals surface area (Å²) < 4.78 is 10.3. The summed E-state index contributed by atoms with van der Waals surface area (Å²) in [5.41, 5.74) is 0.364. The molecule has 0 aliphatic carbocycles. The molecule has 124 valence electrons. The van der Waals surface area contributed by atoms with Crippen LogP contribution in [0.15, 0.2) is 18.2 Å². The van der Waals surface area contributed by atoms with E-state index in [1.807, 2.05) is 6.92 Å². The normalized spacial score (nSPS) is 11.7. The molecule has 0 radical (unpaired) electrons. The molecule has 1 aliphatic rings. The Labute approximate surface area is 133 Å². The van der Waals surface area contributed by atoms with Crippen molar-refractivity contribution in [2.45, 2.75) is 13.3 Å². The number of fused-ring (bicyclic) bond motifs is 1. The summed E-state index contributed by atoms with van der Waals surface area (Å²) in [5, 5.41) is 7.54. The summed E-state index contributed by atoms with van der Waals surface area (Å²) in [4.78, 5) is 34.9. The number of benzene rings is 1. The molecule has 23 heavy (non-hydrogen) atoms. The fourth-order valence-electron chi connectivity index (χ4n) is 1.87. The van der Waals surface area contributed by atoms with Crippen molar-refractivity contribution in [3.8, 4) is 11.5 Å². The van der Waals surface area contributed by atoms with Gasteiger partial charge < -0.3 is 25.4 Å². The van der Waals surface area contributed by atoms with E-state index in [-0.39, 0.29) is 25.8 Å². The van der Waals surface area contributed by atoms with Gasteiger partial charge in [-0.1, -0.05) is 6.92 Å². The van der Waals surface area contributed by atoms with Crippen molar-refractivity contribution < 1.29 is 23.9 Å². The summed E-state index contributed by atoms with van der Waals surface area (Å²) in [7, 11) is 0. The van der Waals surface area contributed by atoms with E-state index >= 15 is 0 Å². The highest BCUT2D eigenvalue weighted by Gasteiger charge is 2.16. The van der Waals surface area contributed by atoms with Gasteiger partial charge in [0.1, 0.15) is 0 Å². The van der Waals surface area contributed by atoms with Crippen LogP contribution in [0.3, 0.4) is 0 Å². The lowest BCUT2D eigenvalue weighted by Gasteiger charge is -2.08. The third-order valence-corrected chi connectivity index (χ3v) is 3.06. The van der Waals surface area contributed by atoms with E-state index in [4.69, 9.17) is 9.47 Å². The zero-order valence-electron chi connectivity index (χ0n) is 12.8. The van der Waals surface area contributed by atoms with Crippen LogP contribution in [-0.4, -0.2) is 44.1 Å². The molecule has 0 atom stereocenters. The molecule has 0 saturated carbocycles. The maximum atomic E-state index is 12.0. The maximum absolute atomic E-state index is 12.0. The van der Waals surface area contributed by atoms with Crippen molar-refractivity contribution in [2.24, 2.45) is 0 Å². The zero-order valence-corrected chi connectivity index (χ0v) is 12.8. The van der Waals surface area contributed by atoms with Crippen molar-refractivity contribution in [1.29, 1.82) is 0 Å². The Morgan fingerprint density at radius 1 is 1.00 bits per heavy atom. The standard InChI is InChI=1S/C15H19N3O5/c1-2-5-16-13(19)7-17-14(20)8-18-15(21)10-3-4-11-12(6-10)23-9-22-11/h3-4,6H,2,5,7-9H2,1H3,(H,16,19)(H,17,20)(H,18,21). The molecule has 2 rings (SSSR count). The first-order valence-corrected chi connectivity index (χ1v) is 7.31. The average molecular weight is 321 g/mol. The van der Waals surface area contributed by atoms with Gasteiger partial charge >= 0.3 is 0 Å². The number of amides is 3. The Morgan fingerprint density at radius 3 is 2.48 bits per heavy atom. The van der Waals surface area contributed by atoms with E-state index in [1.165, 1.54) is 0 Å². The zero-order chi connectivity index (χ0) is 16.7. The molecule has 1 aliphatic heterocycles. The SMILES string of the molecule is CCCNC(=O)CNC(=O)CNC(=O)c1ccc2c(c1)OCO2. The molecule has 8 heteroatoms. The predicted octanol–water partition coefficient (Wildman–Crippen LogP) is -0.212.